The summed E-state index contributed by atoms with van der Waals surface area (Å²) in [4.78, 5) is 6.28. The zero-order valence-electron chi connectivity index (χ0n) is 19.3. The zero-order valence-corrected chi connectivity index (χ0v) is 20.1. The van der Waals surface area contributed by atoms with E-state index in [1.165, 1.54) is 0 Å². The average molecular weight is 468 g/mol. The third-order valence-electron chi connectivity index (χ3n) is 4.96. The number of pyridine rings is 1. The summed E-state index contributed by atoms with van der Waals surface area (Å²) in [6.45, 7) is 3.54. The highest BCUT2D eigenvalue weighted by molar-refractivity contribution is 7.80. The third kappa shape index (κ3) is 6.26. The van der Waals surface area contributed by atoms with Crippen LogP contribution in [0.1, 0.15) is 18.1 Å². The van der Waals surface area contributed by atoms with Gasteiger partial charge in [0.15, 0.2) is 16.6 Å². The molecule has 0 amide bonds. The van der Waals surface area contributed by atoms with Crippen molar-refractivity contribution in [3.05, 3.63) is 72.1 Å². The molecule has 1 aromatic heterocycles. The molecule has 0 radical (unpaired) electrons. The predicted octanol–water partition coefficient (Wildman–Crippen LogP) is 4.91. The van der Waals surface area contributed by atoms with E-state index in [4.69, 9.17) is 31.2 Å². The van der Waals surface area contributed by atoms with Crippen LogP contribution in [0.5, 0.6) is 23.0 Å². The van der Waals surface area contributed by atoms with Gasteiger partial charge < -0.3 is 29.2 Å². The molecule has 33 heavy (non-hydrogen) atoms. The first-order valence-electron chi connectivity index (χ1n) is 10.5. The minimum atomic E-state index is 0.473. The maximum atomic E-state index is 5.83. The number of nitrogens with zero attached hydrogens (tertiary/aromatic N) is 2. The first kappa shape index (κ1) is 24.1. The van der Waals surface area contributed by atoms with Gasteiger partial charge in [-0.15, -0.1) is 0 Å². The van der Waals surface area contributed by atoms with Gasteiger partial charge in [0, 0.05) is 37.1 Å². The lowest BCUT2D eigenvalue weighted by molar-refractivity contribution is 0.340. The molecule has 0 aliphatic carbocycles. The van der Waals surface area contributed by atoms with Crippen LogP contribution < -0.4 is 24.3 Å². The number of thiocarbonyl (C=S) groups is 1. The van der Waals surface area contributed by atoms with Crippen molar-refractivity contribution in [1.82, 2.24) is 9.88 Å². The fourth-order valence-corrected chi connectivity index (χ4v) is 3.62. The number of para-hydroxylation sites is 2. The summed E-state index contributed by atoms with van der Waals surface area (Å²) in [7, 11) is 4.84. The van der Waals surface area contributed by atoms with Crippen LogP contribution in [0.25, 0.3) is 0 Å². The van der Waals surface area contributed by atoms with E-state index in [0.29, 0.717) is 42.1 Å². The molecular formula is C25H29N3O4S. The summed E-state index contributed by atoms with van der Waals surface area (Å²) in [6.07, 6.45) is 3.58. The van der Waals surface area contributed by atoms with Crippen molar-refractivity contribution in [2.24, 2.45) is 0 Å². The summed E-state index contributed by atoms with van der Waals surface area (Å²) in [5.41, 5.74) is 2.74. The van der Waals surface area contributed by atoms with Crippen molar-refractivity contribution in [1.29, 1.82) is 0 Å². The smallest absolute Gasteiger partial charge is 0.174 e. The lowest BCUT2D eigenvalue weighted by Crippen LogP contribution is -2.34. The van der Waals surface area contributed by atoms with Crippen LogP contribution in [0.2, 0.25) is 0 Å². The van der Waals surface area contributed by atoms with Gasteiger partial charge in [-0.25, -0.2) is 0 Å². The Hall–Kier alpha value is -3.52. The normalized spacial score (nSPS) is 10.3. The fraction of sp³-hybridized carbons (Fsp3) is 0.280. The van der Waals surface area contributed by atoms with Gasteiger partial charge in [0.1, 0.15) is 11.5 Å². The molecule has 174 valence electrons. The van der Waals surface area contributed by atoms with E-state index >= 15 is 0 Å². The van der Waals surface area contributed by atoms with Crippen LogP contribution in [-0.4, -0.2) is 42.9 Å². The molecule has 0 saturated carbocycles. The van der Waals surface area contributed by atoms with Crippen LogP contribution in [0, 0.1) is 0 Å². The topological polar surface area (TPSA) is 65.1 Å². The van der Waals surface area contributed by atoms with E-state index in [9.17, 15) is 0 Å². The Kier molecular flexibility index (Phi) is 8.71. The minimum Gasteiger partial charge on any atom is -0.496 e. The number of hydrogen-bond acceptors (Lipinski definition) is 6. The largest absolute Gasteiger partial charge is 0.496 e. The molecule has 0 unspecified atom stereocenters. The molecule has 0 aliphatic heterocycles. The van der Waals surface area contributed by atoms with Crippen LogP contribution in [0.4, 0.5) is 5.69 Å². The molecule has 1 heterocycles. The van der Waals surface area contributed by atoms with Crippen molar-refractivity contribution in [2.75, 3.05) is 33.3 Å². The zero-order chi connectivity index (χ0) is 23.6. The van der Waals surface area contributed by atoms with Gasteiger partial charge in [-0.2, -0.15) is 0 Å². The molecule has 2 aromatic carbocycles. The Bertz CT molecular complexity index is 1060. The van der Waals surface area contributed by atoms with Gasteiger partial charge in [-0.05, 0) is 49.0 Å². The summed E-state index contributed by atoms with van der Waals surface area (Å²) < 4.78 is 22.3. The summed E-state index contributed by atoms with van der Waals surface area (Å²) in [5, 5.41) is 3.88. The quantitative estimate of drug-likeness (QED) is 0.422. The van der Waals surface area contributed by atoms with Gasteiger partial charge in [0.25, 0.3) is 0 Å². The molecule has 0 fully saturated rings. The molecule has 0 atom stereocenters. The van der Waals surface area contributed by atoms with Crippen molar-refractivity contribution in [2.45, 2.75) is 20.0 Å². The second-order valence-corrected chi connectivity index (χ2v) is 7.48. The number of rotatable bonds is 10. The number of benzene rings is 2. The van der Waals surface area contributed by atoms with E-state index < -0.39 is 0 Å². The van der Waals surface area contributed by atoms with Gasteiger partial charge in [0.05, 0.1) is 33.6 Å². The lowest BCUT2D eigenvalue weighted by Gasteiger charge is -2.27. The van der Waals surface area contributed by atoms with Crippen LogP contribution in [0.15, 0.2) is 60.9 Å². The Morgan fingerprint density at radius 3 is 2.30 bits per heavy atom. The Morgan fingerprint density at radius 1 is 0.909 bits per heavy atom. The molecule has 1 N–H and O–H groups in total. The number of hydrogen-bond donors (Lipinski definition) is 1. The van der Waals surface area contributed by atoms with E-state index in [1.54, 1.807) is 27.5 Å². The Balaban J connectivity index is 1.93. The SMILES string of the molecule is CCOc1ccccc1NC(=S)N(Cc1cccnc1)Cc1cc(OC)c(OC)cc1OC. The van der Waals surface area contributed by atoms with Gasteiger partial charge >= 0.3 is 0 Å². The van der Waals surface area contributed by atoms with Gasteiger partial charge in [0.2, 0.25) is 0 Å². The van der Waals surface area contributed by atoms with Gasteiger partial charge in [-0.3, -0.25) is 4.98 Å². The summed E-state index contributed by atoms with van der Waals surface area (Å²) in [5.74, 6) is 2.65. The number of ether oxygens (including phenoxy) is 4. The average Bonchev–Trinajstić information content (AvgIpc) is 2.85. The highest BCUT2D eigenvalue weighted by Gasteiger charge is 2.18. The van der Waals surface area contributed by atoms with E-state index in [1.807, 2.05) is 66.6 Å². The van der Waals surface area contributed by atoms with Crippen molar-refractivity contribution >= 4 is 23.0 Å². The summed E-state index contributed by atoms with van der Waals surface area (Å²) in [6, 6.07) is 15.4. The lowest BCUT2D eigenvalue weighted by atomic mass is 10.1. The number of anilines is 1. The molecule has 0 spiro atoms. The molecule has 7 nitrogen and oxygen atoms in total. The third-order valence-corrected chi connectivity index (χ3v) is 5.32. The maximum absolute atomic E-state index is 5.83. The molecule has 3 rings (SSSR count). The molecule has 8 heteroatoms. The first-order chi connectivity index (χ1) is 16.1. The fourth-order valence-electron chi connectivity index (χ4n) is 3.38. The number of aromatic nitrogens is 1. The standard InChI is InChI=1S/C25H29N3O4S/c1-5-32-21-11-7-6-10-20(21)27-25(33)28(16-18-9-8-12-26-15-18)17-19-13-23(30-3)24(31-4)14-22(19)29-2/h6-15H,5,16-17H2,1-4H3,(H,27,33). The summed E-state index contributed by atoms with van der Waals surface area (Å²) >= 11 is 5.83. The molecule has 0 saturated heterocycles. The van der Waals surface area contributed by atoms with E-state index in [0.717, 1.165) is 22.6 Å². The molecular weight excluding hydrogens is 438 g/mol. The van der Waals surface area contributed by atoms with Crippen LogP contribution >= 0.6 is 12.2 Å². The van der Waals surface area contributed by atoms with E-state index in [-0.39, 0.29) is 0 Å². The Morgan fingerprint density at radius 2 is 1.64 bits per heavy atom. The molecule has 0 bridgehead atoms. The van der Waals surface area contributed by atoms with Gasteiger partial charge in [-0.1, -0.05) is 18.2 Å². The second-order valence-electron chi connectivity index (χ2n) is 7.10. The Labute approximate surface area is 200 Å². The highest BCUT2D eigenvalue weighted by Crippen LogP contribution is 2.35. The van der Waals surface area contributed by atoms with Crippen LogP contribution in [-0.2, 0) is 13.1 Å². The minimum absolute atomic E-state index is 0.473. The number of nitrogens with one attached hydrogen (secondary N) is 1. The second kappa shape index (κ2) is 11.9. The first-order valence-corrected chi connectivity index (χ1v) is 11.0. The molecule has 3 aromatic rings. The monoisotopic (exact) mass is 467 g/mol. The van der Waals surface area contributed by atoms with E-state index in [2.05, 4.69) is 10.3 Å². The molecule has 0 aliphatic rings. The highest BCUT2D eigenvalue weighted by atomic mass is 32.1. The number of methoxy groups -OCH3 is 3. The van der Waals surface area contributed by atoms with Crippen molar-refractivity contribution in [3.63, 3.8) is 0 Å². The predicted molar refractivity (Wildman–Crippen MR) is 133 cm³/mol. The van der Waals surface area contributed by atoms with Crippen LogP contribution in [0.3, 0.4) is 0 Å². The maximum Gasteiger partial charge on any atom is 0.174 e. The van der Waals surface area contributed by atoms with Crippen molar-refractivity contribution < 1.29 is 18.9 Å². The van der Waals surface area contributed by atoms with Crippen molar-refractivity contribution in [3.8, 4) is 23.0 Å².